The number of benzene rings is 3. The number of aryl methyl sites for hydroxylation is 3. The van der Waals surface area contributed by atoms with Crippen molar-refractivity contribution in [3.05, 3.63) is 123 Å². The molecule has 2 aliphatic heterocycles. The van der Waals surface area contributed by atoms with E-state index in [-0.39, 0.29) is 53.0 Å². The first kappa shape index (κ1) is 41.3. The molecule has 9 rings (SSSR count). The highest BCUT2D eigenvalue weighted by molar-refractivity contribution is 6.12. The highest BCUT2D eigenvalue weighted by Gasteiger charge is 2.32. The number of halogens is 1. The standard InChI is InChI=1S/C46H42FN11O6/c1-4-56-37(23-28-16-19-49-39(40(28)56)44(62)51-29-10-13-33(47)32(24-29)42(48)60)31-12-11-30(57-25-50-54(3)46(57)64)22-27(31)9-8-26-17-20-55(21-18-26)34-6-5-7-35-41(34)53(2)45(63)58(35)36-14-15-38(59)52-43(36)61/h5-7,10-13,16,19,22-26,36H,4,14-15,17-18,20-21H2,1-3H3,(H2,48,60)(H,51,62)(H,52,59,61). The number of imide groups is 1. The number of amides is 4. The number of carbonyl (C=O) groups is 4. The third-order valence-corrected chi connectivity index (χ3v) is 12.1. The Bertz CT molecular complexity index is 3280. The molecule has 324 valence electrons. The van der Waals surface area contributed by atoms with Crippen molar-refractivity contribution in [1.29, 1.82) is 0 Å². The maximum atomic E-state index is 14.2. The molecule has 0 saturated carbocycles. The molecule has 0 spiro atoms. The number of nitrogens with two attached hydrogens (primary N) is 1. The number of imidazole rings is 1. The van der Waals surface area contributed by atoms with Gasteiger partial charge in [-0.15, -0.1) is 0 Å². The van der Waals surface area contributed by atoms with Gasteiger partial charge < -0.3 is 20.5 Å². The van der Waals surface area contributed by atoms with E-state index in [1.165, 1.54) is 38.5 Å². The van der Waals surface area contributed by atoms with Gasteiger partial charge in [-0.3, -0.25) is 33.6 Å². The Labute approximate surface area is 363 Å². The summed E-state index contributed by atoms with van der Waals surface area (Å²) in [7, 11) is 3.27. The van der Waals surface area contributed by atoms with Crippen LogP contribution >= 0.6 is 0 Å². The second-order valence-electron chi connectivity index (χ2n) is 15.9. The maximum Gasteiger partial charge on any atom is 0.350 e. The van der Waals surface area contributed by atoms with E-state index in [1.807, 2.05) is 54.0 Å². The van der Waals surface area contributed by atoms with Crippen LogP contribution in [0.5, 0.6) is 0 Å². The molecule has 6 heterocycles. The van der Waals surface area contributed by atoms with Crippen molar-refractivity contribution in [2.45, 2.75) is 45.2 Å². The summed E-state index contributed by atoms with van der Waals surface area (Å²) in [6, 6.07) is 17.8. The molecule has 2 fully saturated rings. The average molecular weight is 864 g/mol. The predicted octanol–water partition coefficient (Wildman–Crippen LogP) is 4.00. The van der Waals surface area contributed by atoms with Crippen molar-refractivity contribution >= 4 is 56.9 Å². The number of aromatic nitrogens is 7. The molecule has 4 N–H and O–H groups in total. The number of nitrogens with zero attached hydrogens (tertiary/aromatic N) is 8. The molecule has 7 aromatic rings. The Morgan fingerprint density at radius 3 is 2.47 bits per heavy atom. The largest absolute Gasteiger partial charge is 0.370 e. The first-order valence-electron chi connectivity index (χ1n) is 20.8. The van der Waals surface area contributed by atoms with Crippen LogP contribution in [0.2, 0.25) is 0 Å². The number of fused-ring (bicyclic) bond motifs is 2. The molecular weight excluding hydrogens is 822 g/mol. The van der Waals surface area contributed by atoms with Gasteiger partial charge in [0.2, 0.25) is 11.8 Å². The number of primary amides is 1. The number of para-hydroxylation sites is 1. The molecule has 2 aliphatic rings. The molecular formula is C46H42FN11O6. The maximum absolute atomic E-state index is 14.2. The van der Waals surface area contributed by atoms with Crippen molar-refractivity contribution in [3.8, 4) is 28.8 Å². The lowest BCUT2D eigenvalue weighted by Crippen LogP contribution is -2.44. The van der Waals surface area contributed by atoms with E-state index < -0.39 is 29.6 Å². The van der Waals surface area contributed by atoms with Crippen molar-refractivity contribution in [2.75, 3.05) is 23.3 Å². The van der Waals surface area contributed by atoms with Crippen LogP contribution in [0.3, 0.4) is 0 Å². The Morgan fingerprint density at radius 1 is 0.953 bits per heavy atom. The normalized spacial score (nSPS) is 15.6. The number of anilines is 2. The van der Waals surface area contributed by atoms with Crippen LogP contribution in [0, 0.1) is 23.6 Å². The van der Waals surface area contributed by atoms with Crippen LogP contribution in [-0.4, -0.2) is 69.8 Å². The van der Waals surface area contributed by atoms with E-state index in [1.54, 1.807) is 24.7 Å². The highest BCUT2D eigenvalue weighted by Crippen LogP contribution is 2.35. The van der Waals surface area contributed by atoms with Gasteiger partial charge in [0.05, 0.1) is 39.2 Å². The highest BCUT2D eigenvalue weighted by atomic mass is 19.1. The number of piperidine rings is 2. The van der Waals surface area contributed by atoms with Crippen molar-refractivity contribution in [3.63, 3.8) is 0 Å². The van der Waals surface area contributed by atoms with Gasteiger partial charge in [0, 0.05) is 74.5 Å². The lowest BCUT2D eigenvalue weighted by molar-refractivity contribution is -0.135. The van der Waals surface area contributed by atoms with Gasteiger partial charge in [0.1, 0.15) is 18.2 Å². The van der Waals surface area contributed by atoms with Crippen molar-refractivity contribution < 1.29 is 23.6 Å². The molecule has 1 unspecified atom stereocenters. The van der Waals surface area contributed by atoms with Crippen LogP contribution in [0.25, 0.3) is 38.9 Å². The number of carbonyl (C=O) groups excluding carboxylic acids is 4. The summed E-state index contributed by atoms with van der Waals surface area (Å²) in [5.74, 6) is 3.80. The molecule has 3 aromatic carbocycles. The molecule has 64 heavy (non-hydrogen) atoms. The second kappa shape index (κ2) is 16.3. The lowest BCUT2D eigenvalue weighted by atomic mass is 9.95. The molecule has 4 aromatic heterocycles. The summed E-state index contributed by atoms with van der Waals surface area (Å²) in [5, 5.41) is 9.95. The minimum absolute atomic E-state index is 0.00281. The predicted molar refractivity (Wildman–Crippen MR) is 236 cm³/mol. The average Bonchev–Trinajstić information content (AvgIpc) is 3.92. The van der Waals surface area contributed by atoms with E-state index in [0.29, 0.717) is 47.4 Å². The molecule has 4 amide bonds. The third-order valence-electron chi connectivity index (χ3n) is 12.1. The van der Waals surface area contributed by atoms with E-state index in [0.717, 1.165) is 41.2 Å². The fourth-order valence-electron chi connectivity index (χ4n) is 8.83. The number of nitrogens with one attached hydrogen (secondary N) is 2. The van der Waals surface area contributed by atoms with Gasteiger partial charge in [0.25, 0.3) is 11.8 Å². The van der Waals surface area contributed by atoms with Gasteiger partial charge >= 0.3 is 11.4 Å². The summed E-state index contributed by atoms with van der Waals surface area (Å²) in [4.78, 5) is 83.5. The topological polar surface area (TPSA) is 206 Å². The van der Waals surface area contributed by atoms with Gasteiger partial charge in [0.15, 0.2) is 5.69 Å². The van der Waals surface area contributed by atoms with E-state index in [4.69, 9.17) is 5.73 Å². The summed E-state index contributed by atoms with van der Waals surface area (Å²) in [6.45, 7) is 3.69. The summed E-state index contributed by atoms with van der Waals surface area (Å²) >= 11 is 0. The first-order valence-corrected chi connectivity index (χ1v) is 20.8. The second-order valence-corrected chi connectivity index (χ2v) is 15.9. The van der Waals surface area contributed by atoms with E-state index in [9.17, 15) is 33.2 Å². The molecule has 1 atom stereocenters. The molecule has 0 aliphatic carbocycles. The van der Waals surface area contributed by atoms with Gasteiger partial charge in [-0.2, -0.15) is 5.10 Å². The Hall–Kier alpha value is -8.07. The van der Waals surface area contributed by atoms with Crippen LogP contribution in [0.15, 0.2) is 88.8 Å². The zero-order chi connectivity index (χ0) is 45.0. The SMILES string of the molecule is CCn1c(-c2ccc(-n3cnn(C)c3=O)cc2C#CC2CCN(c3cccc4c3n(C)c(=O)n4C3CCC(=O)NC3=O)CC2)cc2ccnc(C(=O)Nc3ccc(F)c(C(N)=O)c3)c21. The number of pyridine rings is 1. The smallest absolute Gasteiger partial charge is 0.350 e. The quantitative estimate of drug-likeness (QED) is 0.149. The summed E-state index contributed by atoms with van der Waals surface area (Å²) in [5.41, 5.74) is 10.1. The first-order chi connectivity index (χ1) is 30.8. The third kappa shape index (κ3) is 7.19. The van der Waals surface area contributed by atoms with E-state index in [2.05, 4.69) is 37.5 Å². The minimum Gasteiger partial charge on any atom is -0.370 e. The zero-order valence-electron chi connectivity index (χ0n) is 35.1. The minimum atomic E-state index is -0.967. The van der Waals surface area contributed by atoms with Crippen LogP contribution in [-0.2, 0) is 30.2 Å². The number of hydrogen-bond donors (Lipinski definition) is 3. The lowest BCUT2D eigenvalue weighted by Gasteiger charge is -2.32. The summed E-state index contributed by atoms with van der Waals surface area (Å²) in [6.07, 6.45) is 4.82. The van der Waals surface area contributed by atoms with Gasteiger partial charge in [-0.25, -0.2) is 28.2 Å². The van der Waals surface area contributed by atoms with E-state index >= 15 is 0 Å². The van der Waals surface area contributed by atoms with Crippen LogP contribution in [0.1, 0.15) is 65.1 Å². The fraction of sp³-hybridized carbons (Fsp3) is 0.261. The molecule has 2 saturated heterocycles. The van der Waals surface area contributed by atoms with Gasteiger partial charge in [-0.05, 0) is 86.8 Å². The Morgan fingerprint density at radius 2 is 1.75 bits per heavy atom. The number of hydrogen-bond acceptors (Lipinski definition) is 9. The molecule has 17 nitrogen and oxygen atoms in total. The zero-order valence-corrected chi connectivity index (χ0v) is 35.1. The Balaban J connectivity index is 1.04. The van der Waals surface area contributed by atoms with Gasteiger partial charge in [-0.1, -0.05) is 17.9 Å². The van der Waals surface area contributed by atoms with Crippen molar-refractivity contribution in [2.24, 2.45) is 25.7 Å². The molecule has 18 heteroatoms. The fourth-order valence-corrected chi connectivity index (χ4v) is 8.83. The molecule has 0 radical (unpaired) electrons. The Kier molecular flexibility index (Phi) is 10.5. The monoisotopic (exact) mass is 863 g/mol. The number of rotatable bonds is 8. The van der Waals surface area contributed by atoms with Crippen LogP contribution < -0.4 is 32.6 Å². The molecule has 0 bridgehead atoms. The summed E-state index contributed by atoms with van der Waals surface area (Å²) < 4.78 is 21.9. The van der Waals surface area contributed by atoms with Crippen LogP contribution in [0.4, 0.5) is 15.8 Å². The van der Waals surface area contributed by atoms with Crippen molar-refractivity contribution in [1.82, 2.24) is 38.3 Å².